The summed E-state index contributed by atoms with van der Waals surface area (Å²) in [6.45, 7) is 1.49. The molecule has 0 aliphatic rings. The highest BCUT2D eigenvalue weighted by atomic mass is 32.1. The average molecular weight is 393 g/mol. The molecule has 0 fully saturated rings. The molecule has 3 aromatic heterocycles. The largest absolute Gasteiger partial charge is 0.331 e. The van der Waals surface area contributed by atoms with Crippen molar-refractivity contribution in [1.29, 1.82) is 0 Å². The van der Waals surface area contributed by atoms with Gasteiger partial charge in [0.05, 0.1) is 5.69 Å². The van der Waals surface area contributed by atoms with Crippen LogP contribution in [-0.2, 0) is 4.79 Å². The van der Waals surface area contributed by atoms with Gasteiger partial charge in [0.1, 0.15) is 10.7 Å². The van der Waals surface area contributed by atoms with E-state index in [-0.39, 0.29) is 5.91 Å². The zero-order chi connectivity index (χ0) is 18.6. The summed E-state index contributed by atoms with van der Waals surface area (Å²) >= 11 is 3.07. The normalized spacial score (nSPS) is 10.6. The van der Waals surface area contributed by atoms with E-state index < -0.39 is 0 Å². The molecule has 6 nitrogen and oxygen atoms in total. The molecule has 0 saturated heterocycles. The van der Waals surface area contributed by atoms with Gasteiger partial charge in [0.2, 0.25) is 5.91 Å². The third kappa shape index (κ3) is 4.18. The van der Waals surface area contributed by atoms with E-state index >= 15 is 0 Å². The Balaban J connectivity index is 1.51. The minimum Gasteiger partial charge on any atom is -0.331 e. The van der Waals surface area contributed by atoms with Gasteiger partial charge in [0.15, 0.2) is 5.13 Å². The van der Waals surface area contributed by atoms with Crippen LogP contribution in [0.3, 0.4) is 0 Å². The van der Waals surface area contributed by atoms with Crippen LogP contribution < -0.4 is 10.6 Å². The number of hydrogen-bond donors (Lipinski definition) is 2. The van der Waals surface area contributed by atoms with Crippen molar-refractivity contribution >= 4 is 45.1 Å². The van der Waals surface area contributed by atoms with Crippen molar-refractivity contribution < 1.29 is 4.79 Å². The Bertz CT molecular complexity index is 1070. The van der Waals surface area contributed by atoms with E-state index in [2.05, 4.69) is 25.6 Å². The fourth-order valence-corrected chi connectivity index (χ4v) is 4.06. The van der Waals surface area contributed by atoms with Gasteiger partial charge in [-0.15, -0.1) is 22.7 Å². The third-order valence-electron chi connectivity index (χ3n) is 3.64. The SMILES string of the molecule is CC(=O)Nc1cccc(Nc2nc(-c3nc(-c4ccncc4)cs3)cs2)c1. The first kappa shape index (κ1) is 17.3. The molecule has 2 N–H and O–H groups in total. The first-order valence-electron chi connectivity index (χ1n) is 8.14. The van der Waals surface area contributed by atoms with Crippen molar-refractivity contribution in [3.05, 3.63) is 59.6 Å². The van der Waals surface area contributed by atoms with Crippen molar-refractivity contribution in [2.24, 2.45) is 0 Å². The Morgan fingerprint density at radius 3 is 2.56 bits per heavy atom. The monoisotopic (exact) mass is 393 g/mol. The van der Waals surface area contributed by atoms with Crippen molar-refractivity contribution in [2.75, 3.05) is 10.6 Å². The molecule has 0 radical (unpaired) electrons. The Kier molecular flexibility index (Phi) is 4.91. The minimum absolute atomic E-state index is 0.0996. The molecule has 1 aromatic carbocycles. The zero-order valence-corrected chi connectivity index (χ0v) is 16.0. The lowest BCUT2D eigenvalue weighted by atomic mass is 10.2. The fraction of sp³-hybridized carbons (Fsp3) is 0.0526. The summed E-state index contributed by atoms with van der Waals surface area (Å²) in [4.78, 5) is 24.5. The van der Waals surface area contributed by atoms with Gasteiger partial charge in [0.25, 0.3) is 0 Å². The van der Waals surface area contributed by atoms with Crippen LogP contribution in [0.1, 0.15) is 6.92 Å². The Morgan fingerprint density at radius 1 is 0.963 bits per heavy atom. The summed E-state index contributed by atoms with van der Waals surface area (Å²) in [5, 5.41) is 11.7. The Morgan fingerprint density at radius 2 is 1.74 bits per heavy atom. The van der Waals surface area contributed by atoms with Crippen LogP contribution in [0.15, 0.2) is 59.6 Å². The molecule has 134 valence electrons. The fourth-order valence-electron chi connectivity index (χ4n) is 2.48. The number of anilines is 3. The maximum Gasteiger partial charge on any atom is 0.221 e. The number of carbonyl (C=O) groups is 1. The molecular formula is C19H15N5OS2. The van der Waals surface area contributed by atoms with Crippen LogP contribution in [0, 0.1) is 0 Å². The highest BCUT2D eigenvalue weighted by Gasteiger charge is 2.11. The summed E-state index contributed by atoms with van der Waals surface area (Å²) in [6, 6.07) is 11.4. The van der Waals surface area contributed by atoms with Crippen LogP contribution in [-0.4, -0.2) is 20.9 Å². The van der Waals surface area contributed by atoms with Gasteiger partial charge >= 0.3 is 0 Å². The lowest BCUT2D eigenvalue weighted by Gasteiger charge is -2.06. The van der Waals surface area contributed by atoms with Gasteiger partial charge in [-0.2, -0.15) is 0 Å². The van der Waals surface area contributed by atoms with Gasteiger partial charge in [-0.1, -0.05) is 6.07 Å². The number of hydrogen-bond acceptors (Lipinski definition) is 7. The van der Waals surface area contributed by atoms with Crippen molar-refractivity contribution in [3.63, 3.8) is 0 Å². The predicted octanol–water partition coefficient (Wildman–Crippen LogP) is 5.03. The molecule has 8 heteroatoms. The molecule has 4 rings (SSSR count). The number of nitrogens with zero attached hydrogens (tertiary/aromatic N) is 3. The van der Waals surface area contributed by atoms with Gasteiger partial charge in [-0.3, -0.25) is 9.78 Å². The molecule has 0 aliphatic heterocycles. The van der Waals surface area contributed by atoms with Gasteiger partial charge < -0.3 is 10.6 Å². The van der Waals surface area contributed by atoms with Crippen molar-refractivity contribution in [1.82, 2.24) is 15.0 Å². The number of benzene rings is 1. The maximum atomic E-state index is 11.2. The number of pyridine rings is 1. The van der Waals surface area contributed by atoms with Gasteiger partial charge in [-0.25, -0.2) is 9.97 Å². The number of thiazole rings is 2. The van der Waals surface area contributed by atoms with E-state index in [1.807, 2.05) is 47.2 Å². The summed E-state index contributed by atoms with van der Waals surface area (Å²) in [5.41, 5.74) is 4.40. The highest BCUT2D eigenvalue weighted by molar-refractivity contribution is 7.15. The first-order chi connectivity index (χ1) is 13.2. The number of nitrogens with one attached hydrogen (secondary N) is 2. The van der Waals surface area contributed by atoms with Crippen LogP contribution in [0.4, 0.5) is 16.5 Å². The second-order valence-corrected chi connectivity index (χ2v) is 7.41. The summed E-state index contributed by atoms with van der Waals surface area (Å²) in [5.74, 6) is -0.0996. The summed E-state index contributed by atoms with van der Waals surface area (Å²) in [7, 11) is 0. The third-order valence-corrected chi connectivity index (χ3v) is 5.26. The minimum atomic E-state index is -0.0996. The molecular weight excluding hydrogens is 378 g/mol. The standard InChI is InChI=1S/C19H15N5OS2/c1-12(25)21-14-3-2-4-15(9-14)22-19-24-17(11-27-19)18-23-16(10-26-18)13-5-7-20-8-6-13/h2-11H,1H3,(H,21,25)(H,22,24). The Hall–Kier alpha value is -3.10. The van der Waals surface area contributed by atoms with Gasteiger partial charge in [-0.05, 0) is 30.3 Å². The molecule has 4 aromatic rings. The van der Waals surface area contributed by atoms with E-state index in [1.54, 1.807) is 23.7 Å². The van der Waals surface area contributed by atoms with E-state index in [0.717, 1.165) is 38.5 Å². The Labute approximate surface area is 164 Å². The van der Waals surface area contributed by atoms with Crippen molar-refractivity contribution in [3.8, 4) is 22.0 Å². The maximum absolute atomic E-state index is 11.2. The smallest absolute Gasteiger partial charge is 0.221 e. The van der Waals surface area contributed by atoms with E-state index in [4.69, 9.17) is 0 Å². The molecule has 0 bridgehead atoms. The van der Waals surface area contributed by atoms with E-state index in [9.17, 15) is 4.79 Å². The average Bonchev–Trinajstić information content (AvgIpc) is 3.31. The first-order valence-corrected chi connectivity index (χ1v) is 9.90. The van der Waals surface area contributed by atoms with Crippen LogP contribution in [0.2, 0.25) is 0 Å². The highest BCUT2D eigenvalue weighted by Crippen LogP contribution is 2.32. The quantitative estimate of drug-likeness (QED) is 0.497. The lowest BCUT2D eigenvalue weighted by Crippen LogP contribution is -2.05. The van der Waals surface area contributed by atoms with E-state index in [0.29, 0.717) is 0 Å². The zero-order valence-electron chi connectivity index (χ0n) is 14.3. The summed E-state index contributed by atoms with van der Waals surface area (Å²) in [6.07, 6.45) is 3.52. The number of amides is 1. The van der Waals surface area contributed by atoms with E-state index in [1.165, 1.54) is 18.3 Å². The van der Waals surface area contributed by atoms with Gasteiger partial charge in [0, 0.05) is 47.0 Å². The lowest BCUT2D eigenvalue weighted by molar-refractivity contribution is -0.114. The topological polar surface area (TPSA) is 79.8 Å². The molecule has 3 heterocycles. The second kappa shape index (κ2) is 7.65. The number of rotatable bonds is 5. The van der Waals surface area contributed by atoms with Crippen molar-refractivity contribution in [2.45, 2.75) is 6.92 Å². The molecule has 1 amide bonds. The summed E-state index contributed by atoms with van der Waals surface area (Å²) < 4.78 is 0. The number of aromatic nitrogens is 3. The molecule has 0 aliphatic carbocycles. The number of carbonyl (C=O) groups excluding carboxylic acids is 1. The molecule has 0 spiro atoms. The van der Waals surface area contributed by atoms with Crippen LogP contribution >= 0.6 is 22.7 Å². The predicted molar refractivity (Wildman–Crippen MR) is 110 cm³/mol. The second-order valence-electron chi connectivity index (χ2n) is 5.70. The molecule has 0 atom stereocenters. The van der Waals surface area contributed by atoms with Crippen LogP contribution in [0.25, 0.3) is 22.0 Å². The molecule has 0 saturated carbocycles. The van der Waals surface area contributed by atoms with Crippen LogP contribution in [0.5, 0.6) is 0 Å². The molecule has 27 heavy (non-hydrogen) atoms. The molecule has 0 unspecified atom stereocenters.